The van der Waals surface area contributed by atoms with E-state index in [1.807, 2.05) is 97.1 Å². The van der Waals surface area contributed by atoms with Gasteiger partial charge in [-0.2, -0.15) is 0 Å². The van der Waals surface area contributed by atoms with Crippen LogP contribution in [0.4, 0.5) is 0 Å². The first kappa shape index (κ1) is 38.6. The zero-order valence-electron chi connectivity index (χ0n) is 35.2. The van der Waals surface area contributed by atoms with Crippen molar-refractivity contribution in [3.05, 3.63) is 209 Å². The van der Waals surface area contributed by atoms with Crippen LogP contribution in [0.25, 0.3) is 45.3 Å². The number of aromatic nitrogens is 3. The van der Waals surface area contributed by atoms with Crippen LogP contribution in [-0.4, -0.2) is 33.3 Å². The number of amidine groups is 2. The van der Waals surface area contributed by atoms with Gasteiger partial charge in [0.15, 0.2) is 29.1 Å². The number of benzene rings is 7. The zero-order chi connectivity index (χ0) is 42.4. The number of hydrogen-bond donors (Lipinski definition) is 0. The molecule has 62 heavy (non-hydrogen) atoms. The molecule has 1 aliphatic carbocycles. The number of para-hydroxylation sites is 2. The maximum Gasteiger partial charge on any atom is 0.164 e. The molecule has 7 aromatic carbocycles. The molecule has 0 fully saturated rings. The minimum atomic E-state index is -0.245. The van der Waals surface area contributed by atoms with Crippen molar-refractivity contribution >= 4 is 18.4 Å². The summed E-state index contributed by atoms with van der Waals surface area (Å²) >= 11 is 0. The fraction of sp³-hybridized carbons (Fsp3) is 0.127. The average Bonchev–Trinajstić information content (AvgIpc) is 3.55. The van der Waals surface area contributed by atoms with Gasteiger partial charge >= 0.3 is 0 Å². The van der Waals surface area contributed by atoms with Crippen molar-refractivity contribution in [1.82, 2.24) is 15.0 Å². The highest BCUT2D eigenvalue weighted by molar-refractivity contribution is 6.12. The molecule has 2 heterocycles. The van der Waals surface area contributed by atoms with Crippen LogP contribution in [0.2, 0.25) is 0 Å². The Balaban J connectivity index is 1.07. The van der Waals surface area contributed by atoms with Crippen LogP contribution in [0.5, 0.6) is 11.5 Å². The molecule has 0 radical (unpaired) electrons. The topological polar surface area (TPSA) is 85.0 Å². The van der Waals surface area contributed by atoms with E-state index in [-0.39, 0.29) is 10.8 Å². The van der Waals surface area contributed by atoms with Crippen LogP contribution in [0.3, 0.4) is 0 Å². The van der Waals surface area contributed by atoms with Gasteiger partial charge in [-0.25, -0.2) is 24.9 Å². The average molecular weight is 805 g/mol. The highest BCUT2D eigenvalue weighted by atomic mass is 16.5. The van der Waals surface area contributed by atoms with E-state index in [9.17, 15) is 0 Å². The molecule has 7 nitrogen and oxygen atoms in total. The molecule has 8 aromatic rings. The van der Waals surface area contributed by atoms with Crippen LogP contribution in [-0.2, 0) is 17.4 Å². The van der Waals surface area contributed by atoms with Crippen LogP contribution < -0.4 is 4.74 Å². The normalized spacial score (nSPS) is 14.5. The van der Waals surface area contributed by atoms with Gasteiger partial charge in [0, 0.05) is 55.3 Å². The molecule has 7 heteroatoms. The third kappa shape index (κ3) is 6.72. The van der Waals surface area contributed by atoms with Crippen LogP contribution in [0.15, 0.2) is 185 Å². The van der Waals surface area contributed by atoms with Gasteiger partial charge in [-0.15, -0.1) is 0 Å². The van der Waals surface area contributed by atoms with Gasteiger partial charge in [0.2, 0.25) is 0 Å². The smallest absolute Gasteiger partial charge is 0.164 e. The molecule has 0 N–H and O–H groups in total. The predicted octanol–water partition coefficient (Wildman–Crippen LogP) is 12.7. The van der Waals surface area contributed by atoms with Crippen molar-refractivity contribution in [1.29, 1.82) is 0 Å². The van der Waals surface area contributed by atoms with E-state index < -0.39 is 0 Å². The van der Waals surface area contributed by atoms with E-state index >= 15 is 0 Å². The molecule has 0 bridgehead atoms. The van der Waals surface area contributed by atoms with E-state index in [0.717, 1.165) is 56.0 Å². The molecule has 0 unspecified atom stereocenters. The molecule has 1 aliphatic heterocycles. The Hall–Kier alpha value is -7.64. The summed E-state index contributed by atoms with van der Waals surface area (Å²) in [5.74, 6) is 4.48. The van der Waals surface area contributed by atoms with Gasteiger partial charge in [0.1, 0.15) is 11.5 Å². The molecule has 0 saturated heterocycles. The van der Waals surface area contributed by atoms with Crippen molar-refractivity contribution in [3.63, 3.8) is 0 Å². The summed E-state index contributed by atoms with van der Waals surface area (Å²) in [5, 5.41) is 0. The summed E-state index contributed by atoms with van der Waals surface area (Å²) < 4.78 is 6.60. The first-order valence-corrected chi connectivity index (χ1v) is 20.9. The fourth-order valence-electron chi connectivity index (χ4n) is 8.93. The second-order valence-corrected chi connectivity index (χ2v) is 16.8. The summed E-state index contributed by atoms with van der Waals surface area (Å²) in [6.45, 7) is 13.3. The lowest BCUT2D eigenvalue weighted by molar-refractivity contribution is 0.413. The third-order valence-corrected chi connectivity index (χ3v) is 12.3. The van der Waals surface area contributed by atoms with E-state index in [2.05, 4.69) is 112 Å². The van der Waals surface area contributed by atoms with Gasteiger partial charge in [0.05, 0.1) is 6.54 Å². The molecule has 0 spiro atoms. The number of hydrogen-bond acceptors (Lipinski definition) is 5. The van der Waals surface area contributed by atoms with Gasteiger partial charge < -0.3 is 4.74 Å². The van der Waals surface area contributed by atoms with Crippen molar-refractivity contribution < 1.29 is 4.74 Å². The Morgan fingerprint density at radius 2 is 1.05 bits per heavy atom. The largest absolute Gasteiger partial charge is 0.456 e. The molecular formula is C55H44N6O. The molecule has 2 aliphatic rings. The zero-order valence-corrected chi connectivity index (χ0v) is 35.2. The number of rotatable bonds is 7. The predicted molar refractivity (Wildman–Crippen MR) is 252 cm³/mol. The minimum Gasteiger partial charge on any atom is -0.456 e. The Bertz CT molecular complexity index is 3080. The first-order chi connectivity index (χ1) is 30.2. The van der Waals surface area contributed by atoms with E-state index in [1.54, 1.807) is 0 Å². The Labute approximate surface area is 362 Å². The minimum absolute atomic E-state index is 0.159. The highest BCUT2D eigenvalue weighted by Gasteiger charge is 2.37. The number of aliphatic imine (C=N–C) groups is 3. The molecule has 0 saturated carbocycles. The summed E-state index contributed by atoms with van der Waals surface area (Å²) in [6, 6.07) is 57.7. The summed E-state index contributed by atoms with van der Waals surface area (Å²) in [5.41, 5.74) is 12.2. The fourth-order valence-corrected chi connectivity index (χ4v) is 8.93. The number of nitrogens with zero attached hydrogens (tertiary/aromatic N) is 6. The maximum atomic E-state index is 6.60. The number of fused-ring (bicyclic) bond motifs is 5. The van der Waals surface area contributed by atoms with E-state index in [0.29, 0.717) is 35.7 Å². The highest BCUT2D eigenvalue weighted by Crippen LogP contribution is 2.52. The quantitative estimate of drug-likeness (QED) is 0.119. The standard InChI is InChI=1S/C55H44N6O/c1-54(2)42-25-13-12-23-40(42)47-41(24-17-27-44(47)54)53-60-51(36-20-10-7-11-21-36)59-52(61-53)38-32-30-37(31-33-38)50(58-49(56-5)35-18-8-6-9-19-35)57-34-39-22-16-28-45-48(39)62-46-29-15-14-26-43(46)55(45,3)4/h6-33H,5,34H2,1-4H3. The molecule has 300 valence electrons. The van der Waals surface area contributed by atoms with E-state index in [4.69, 9.17) is 29.7 Å². The van der Waals surface area contributed by atoms with Crippen LogP contribution >= 0.6 is 0 Å². The van der Waals surface area contributed by atoms with Crippen molar-refractivity contribution in [2.75, 3.05) is 0 Å². The monoisotopic (exact) mass is 804 g/mol. The van der Waals surface area contributed by atoms with Crippen LogP contribution in [0, 0.1) is 0 Å². The second kappa shape index (κ2) is 15.4. The van der Waals surface area contributed by atoms with Crippen LogP contribution in [0.1, 0.15) is 66.6 Å². The van der Waals surface area contributed by atoms with Gasteiger partial charge in [-0.05, 0) is 35.0 Å². The van der Waals surface area contributed by atoms with Gasteiger partial charge in [-0.1, -0.05) is 191 Å². The van der Waals surface area contributed by atoms with Crippen molar-refractivity contribution in [3.8, 4) is 56.8 Å². The van der Waals surface area contributed by atoms with E-state index in [1.165, 1.54) is 22.3 Å². The van der Waals surface area contributed by atoms with Crippen molar-refractivity contribution in [2.45, 2.75) is 45.1 Å². The second-order valence-electron chi connectivity index (χ2n) is 16.8. The SMILES string of the molecule is C=NC(=NC(=NCc1cccc2c1Oc1ccccc1C2(C)C)c1ccc(-c2nc(-c3ccccc3)nc(-c3cccc4c3-c3ccccc3C4(C)C)n2)cc1)c1ccccc1. The molecule has 0 atom stereocenters. The molecule has 10 rings (SSSR count). The lowest BCUT2D eigenvalue weighted by Gasteiger charge is -2.35. The van der Waals surface area contributed by atoms with Gasteiger partial charge in [-0.3, -0.25) is 4.99 Å². The van der Waals surface area contributed by atoms with Gasteiger partial charge in [0.25, 0.3) is 0 Å². The molecule has 1 aromatic heterocycles. The third-order valence-electron chi connectivity index (χ3n) is 12.3. The lowest BCUT2D eigenvalue weighted by atomic mass is 9.75. The summed E-state index contributed by atoms with van der Waals surface area (Å²) in [4.78, 5) is 30.0. The summed E-state index contributed by atoms with van der Waals surface area (Å²) in [7, 11) is 0. The molecular weight excluding hydrogens is 761 g/mol. The Morgan fingerprint density at radius 1 is 0.500 bits per heavy atom. The Kier molecular flexibility index (Phi) is 9.60. The molecule has 0 amide bonds. The summed E-state index contributed by atoms with van der Waals surface area (Å²) in [6.07, 6.45) is 0. The lowest BCUT2D eigenvalue weighted by Crippen LogP contribution is -2.24. The Morgan fingerprint density at radius 3 is 1.79 bits per heavy atom. The number of ether oxygens (including phenoxy) is 1. The maximum absolute atomic E-state index is 6.60. The van der Waals surface area contributed by atoms with Crippen molar-refractivity contribution in [2.24, 2.45) is 15.0 Å². The first-order valence-electron chi connectivity index (χ1n) is 20.9.